The van der Waals surface area contributed by atoms with Crippen molar-refractivity contribution in [2.75, 3.05) is 18.9 Å². The highest BCUT2D eigenvalue weighted by Crippen LogP contribution is 2.05. The number of hydrogen-bond donors (Lipinski definition) is 3. The van der Waals surface area contributed by atoms with E-state index in [9.17, 15) is 14.4 Å². The molecule has 0 saturated heterocycles. The van der Waals surface area contributed by atoms with Crippen molar-refractivity contribution in [1.29, 1.82) is 0 Å². The van der Waals surface area contributed by atoms with Crippen molar-refractivity contribution < 1.29 is 19.5 Å². The second kappa shape index (κ2) is 7.27. The van der Waals surface area contributed by atoms with Gasteiger partial charge >= 0.3 is 12.0 Å². The molecule has 1 heterocycles. The first-order valence-corrected chi connectivity index (χ1v) is 6.33. The van der Waals surface area contributed by atoms with Gasteiger partial charge in [0, 0.05) is 19.3 Å². The van der Waals surface area contributed by atoms with E-state index in [1.54, 1.807) is 0 Å². The van der Waals surface area contributed by atoms with Crippen molar-refractivity contribution in [2.45, 2.75) is 26.4 Å². The molecule has 116 valence electrons. The van der Waals surface area contributed by atoms with Gasteiger partial charge in [0.25, 0.3) is 0 Å². The first-order chi connectivity index (χ1) is 9.77. The summed E-state index contributed by atoms with van der Waals surface area (Å²) in [6.45, 7) is 3.29. The molecular weight excluding hydrogens is 278 g/mol. The van der Waals surface area contributed by atoms with Gasteiger partial charge in [-0.2, -0.15) is 5.10 Å². The largest absolute Gasteiger partial charge is 0.480 e. The van der Waals surface area contributed by atoms with Gasteiger partial charge in [0.15, 0.2) is 0 Å². The third-order valence-corrected chi connectivity index (χ3v) is 2.36. The summed E-state index contributed by atoms with van der Waals surface area (Å²) in [6, 6.07) is -0.480. The van der Waals surface area contributed by atoms with Gasteiger partial charge in [0.1, 0.15) is 13.1 Å². The summed E-state index contributed by atoms with van der Waals surface area (Å²) < 4.78 is 1.18. The molecule has 0 radical (unpaired) electrons. The Morgan fingerprint density at radius 3 is 2.67 bits per heavy atom. The average Bonchev–Trinajstić information content (AvgIpc) is 2.73. The smallest absolute Gasteiger partial charge is 0.325 e. The Morgan fingerprint density at radius 1 is 1.43 bits per heavy atom. The topological polar surface area (TPSA) is 117 Å². The lowest BCUT2D eigenvalue weighted by Crippen LogP contribution is -2.42. The van der Waals surface area contributed by atoms with Crippen LogP contribution in [0.25, 0.3) is 0 Å². The highest BCUT2D eigenvalue weighted by Gasteiger charge is 2.14. The lowest BCUT2D eigenvalue weighted by atomic mass is 10.4. The molecule has 9 nitrogen and oxygen atoms in total. The number of hydrogen-bond acceptors (Lipinski definition) is 4. The quantitative estimate of drug-likeness (QED) is 0.681. The van der Waals surface area contributed by atoms with Gasteiger partial charge in [-0.05, 0) is 13.8 Å². The van der Waals surface area contributed by atoms with Crippen LogP contribution < -0.4 is 10.6 Å². The summed E-state index contributed by atoms with van der Waals surface area (Å²) in [5, 5.41) is 17.6. The van der Waals surface area contributed by atoms with Crippen molar-refractivity contribution in [3.8, 4) is 0 Å². The van der Waals surface area contributed by atoms with Crippen molar-refractivity contribution >= 4 is 23.6 Å². The molecule has 1 aromatic rings. The molecule has 0 bridgehead atoms. The van der Waals surface area contributed by atoms with Crippen molar-refractivity contribution in [3.63, 3.8) is 0 Å². The zero-order chi connectivity index (χ0) is 16.0. The van der Waals surface area contributed by atoms with Gasteiger partial charge in [0.2, 0.25) is 5.91 Å². The summed E-state index contributed by atoms with van der Waals surface area (Å²) in [5.41, 5.74) is 0.359. The van der Waals surface area contributed by atoms with Gasteiger partial charge < -0.3 is 20.6 Å². The molecule has 9 heteroatoms. The molecular formula is C12H19N5O4. The number of carboxylic acid groups (broad SMARTS) is 1. The molecule has 3 N–H and O–H groups in total. The number of amides is 3. The standard InChI is InChI=1S/C12H19N5O4/c1-8(2)14-10(18)6-16(3)12(21)15-9-4-13-17(5-9)7-11(19)20/h4-5,8H,6-7H2,1-3H3,(H,14,18)(H,15,21)(H,19,20). The number of carbonyl (C=O) groups is 3. The first-order valence-electron chi connectivity index (χ1n) is 6.33. The van der Waals surface area contributed by atoms with Crippen LogP contribution in [0, 0.1) is 0 Å². The molecule has 0 aliphatic rings. The van der Waals surface area contributed by atoms with Crippen LogP contribution >= 0.6 is 0 Å². The molecule has 0 atom stereocenters. The van der Waals surface area contributed by atoms with Crippen LogP contribution in [-0.4, -0.2) is 57.3 Å². The van der Waals surface area contributed by atoms with Crippen LogP contribution in [0.5, 0.6) is 0 Å². The number of rotatable bonds is 6. The number of nitrogens with zero attached hydrogens (tertiary/aromatic N) is 3. The summed E-state index contributed by atoms with van der Waals surface area (Å²) in [6.07, 6.45) is 2.73. The Bertz CT molecular complexity index is 525. The van der Waals surface area contributed by atoms with Gasteiger partial charge in [0.05, 0.1) is 11.9 Å². The van der Waals surface area contributed by atoms with Crippen LogP contribution in [0.15, 0.2) is 12.4 Å². The number of aromatic nitrogens is 2. The predicted octanol–water partition coefficient (Wildman–Crippen LogP) is -0.0440. The SMILES string of the molecule is CC(C)NC(=O)CN(C)C(=O)Nc1cnn(CC(=O)O)c1. The predicted molar refractivity (Wildman–Crippen MR) is 74.8 cm³/mol. The van der Waals surface area contributed by atoms with E-state index >= 15 is 0 Å². The molecule has 1 aromatic heterocycles. The molecule has 3 amide bonds. The van der Waals surface area contributed by atoms with Gasteiger partial charge in [-0.1, -0.05) is 0 Å². The number of aliphatic carboxylic acids is 1. The second-order valence-electron chi connectivity index (χ2n) is 4.83. The Morgan fingerprint density at radius 2 is 2.10 bits per heavy atom. The number of carboxylic acids is 1. The summed E-state index contributed by atoms with van der Waals surface area (Å²) in [7, 11) is 1.48. The van der Waals surface area contributed by atoms with Gasteiger partial charge in [-0.25, -0.2) is 4.79 Å². The first kappa shape index (κ1) is 16.5. The number of likely N-dealkylation sites (N-methyl/N-ethyl adjacent to an activating group) is 1. The minimum absolute atomic E-state index is 0.00297. The fourth-order valence-corrected chi connectivity index (χ4v) is 1.53. The minimum atomic E-state index is -1.03. The molecule has 0 aliphatic heterocycles. The van der Waals surface area contributed by atoms with E-state index < -0.39 is 12.0 Å². The Balaban J connectivity index is 2.50. The Labute approximate surface area is 121 Å². The average molecular weight is 297 g/mol. The monoisotopic (exact) mass is 297 g/mol. The molecule has 1 rings (SSSR count). The van der Waals surface area contributed by atoms with Crippen molar-refractivity contribution in [2.24, 2.45) is 0 Å². The van der Waals surface area contributed by atoms with Gasteiger partial charge in [-0.3, -0.25) is 14.3 Å². The summed E-state index contributed by atoms with van der Waals surface area (Å²) in [5.74, 6) is -1.29. The third-order valence-electron chi connectivity index (χ3n) is 2.36. The van der Waals surface area contributed by atoms with Crippen molar-refractivity contribution in [3.05, 3.63) is 12.4 Å². The molecule has 0 fully saturated rings. The summed E-state index contributed by atoms with van der Waals surface area (Å²) in [4.78, 5) is 35.1. The normalized spacial score (nSPS) is 10.3. The van der Waals surface area contributed by atoms with Crippen LogP contribution in [0.3, 0.4) is 0 Å². The van der Waals surface area contributed by atoms with E-state index in [4.69, 9.17) is 5.11 Å². The highest BCUT2D eigenvalue weighted by molar-refractivity contribution is 5.92. The Kier molecular flexibility index (Phi) is 5.70. The van der Waals surface area contributed by atoms with Crippen LogP contribution in [0.2, 0.25) is 0 Å². The fourth-order valence-electron chi connectivity index (χ4n) is 1.53. The molecule has 0 saturated carbocycles. The molecule has 0 aromatic carbocycles. The second-order valence-corrected chi connectivity index (χ2v) is 4.83. The van der Waals surface area contributed by atoms with Crippen LogP contribution in [-0.2, 0) is 16.1 Å². The Hall–Kier alpha value is -2.58. The maximum absolute atomic E-state index is 11.8. The number of carbonyl (C=O) groups excluding carboxylic acids is 2. The number of anilines is 1. The number of nitrogens with one attached hydrogen (secondary N) is 2. The van der Waals surface area contributed by atoms with E-state index in [1.165, 1.54) is 29.0 Å². The van der Waals surface area contributed by atoms with Crippen LogP contribution in [0.1, 0.15) is 13.8 Å². The maximum atomic E-state index is 11.8. The molecule has 21 heavy (non-hydrogen) atoms. The zero-order valence-electron chi connectivity index (χ0n) is 12.2. The van der Waals surface area contributed by atoms with E-state index in [1.807, 2.05) is 13.8 Å². The van der Waals surface area contributed by atoms with E-state index in [0.717, 1.165) is 0 Å². The third kappa shape index (κ3) is 5.93. The fraction of sp³-hybridized carbons (Fsp3) is 0.500. The van der Waals surface area contributed by atoms with E-state index in [0.29, 0.717) is 5.69 Å². The van der Waals surface area contributed by atoms with E-state index in [-0.39, 0.29) is 25.0 Å². The van der Waals surface area contributed by atoms with Gasteiger partial charge in [-0.15, -0.1) is 0 Å². The zero-order valence-corrected chi connectivity index (χ0v) is 12.2. The minimum Gasteiger partial charge on any atom is -0.480 e. The molecule has 0 unspecified atom stereocenters. The summed E-state index contributed by atoms with van der Waals surface area (Å²) >= 11 is 0. The highest BCUT2D eigenvalue weighted by atomic mass is 16.4. The number of urea groups is 1. The van der Waals surface area contributed by atoms with Crippen molar-refractivity contribution in [1.82, 2.24) is 20.0 Å². The molecule has 0 spiro atoms. The van der Waals surface area contributed by atoms with Crippen LogP contribution in [0.4, 0.5) is 10.5 Å². The lowest BCUT2D eigenvalue weighted by Gasteiger charge is -2.17. The lowest BCUT2D eigenvalue weighted by molar-refractivity contribution is -0.137. The molecule has 0 aliphatic carbocycles. The van der Waals surface area contributed by atoms with E-state index in [2.05, 4.69) is 15.7 Å². The maximum Gasteiger partial charge on any atom is 0.325 e.